The lowest BCUT2D eigenvalue weighted by atomic mass is 10.1. The lowest BCUT2D eigenvalue weighted by Gasteiger charge is -2.15. The molecule has 1 heterocycles. The topological polar surface area (TPSA) is 74.2 Å². The molecule has 2 aromatic carbocycles. The summed E-state index contributed by atoms with van der Waals surface area (Å²) in [7, 11) is 0. The number of aliphatic hydroxyl groups is 1. The summed E-state index contributed by atoms with van der Waals surface area (Å²) in [4.78, 5) is 25.9. The SMILES string of the molecule is O=C1C[C@H]([NH2+]C[C@H](O)c2ccccc2)C(=O)N1c1ccc(Cl)cc1. The standard InChI is InChI=1S/C18H17ClN2O3/c19-13-6-8-14(9-7-13)21-17(23)10-15(18(21)24)20-11-16(22)12-4-2-1-3-5-12/h1-9,15-16,20,22H,10-11H2/p+1/t15-,16-/m0/s1. The molecular formula is C18H18ClN2O3+. The van der Waals surface area contributed by atoms with E-state index < -0.39 is 12.1 Å². The quantitative estimate of drug-likeness (QED) is 0.801. The minimum Gasteiger partial charge on any atom is -0.382 e. The first-order valence-electron chi connectivity index (χ1n) is 7.75. The Morgan fingerprint density at radius 1 is 1.12 bits per heavy atom. The van der Waals surface area contributed by atoms with Gasteiger partial charge in [-0.15, -0.1) is 0 Å². The van der Waals surface area contributed by atoms with E-state index in [2.05, 4.69) is 0 Å². The lowest BCUT2D eigenvalue weighted by molar-refractivity contribution is -0.681. The number of amides is 2. The second-order valence-corrected chi connectivity index (χ2v) is 6.19. The van der Waals surface area contributed by atoms with Gasteiger partial charge in [-0.25, -0.2) is 4.90 Å². The zero-order chi connectivity index (χ0) is 17.1. The zero-order valence-electron chi connectivity index (χ0n) is 12.9. The van der Waals surface area contributed by atoms with Crippen molar-refractivity contribution >= 4 is 29.1 Å². The molecule has 0 radical (unpaired) electrons. The van der Waals surface area contributed by atoms with Crippen LogP contribution in [-0.4, -0.2) is 29.5 Å². The number of nitrogens with two attached hydrogens (primary N) is 1. The van der Waals surface area contributed by atoms with Crippen LogP contribution in [0.1, 0.15) is 18.1 Å². The van der Waals surface area contributed by atoms with Crippen LogP contribution in [0, 0.1) is 0 Å². The molecule has 0 aromatic heterocycles. The number of quaternary nitrogens is 1. The van der Waals surface area contributed by atoms with E-state index in [9.17, 15) is 14.7 Å². The van der Waals surface area contributed by atoms with Gasteiger partial charge in [-0.3, -0.25) is 9.59 Å². The number of halogens is 1. The van der Waals surface area contributed by atoms with Crippen molar-refractivity contribution in [2.75, 3.05) is 11.4 Å². The van der Waals surface area contributed by atoms with Gasteiger partial charge < -0.3 is 10.4 Å². The maximum absolute atomic E-state index is 12.5. The fraction of sp³-hybridized carbons (Fsp3) is 0.222. The van der Waals surface area contributed by atoms with Crippen LogP contribution in [0.2, 0.25) is 5.02 Å². The first kappa shape index (κ1) is 16.6. The molecule has 6 heteroatoms. The van der Waals surface area contributed by atoms with E-state index in [0.29, 0.717) is 17.3 Å². The second kappa shape index (κ2) is 7.13. The maximum Gasteiger partial charge on any atom is 0.292 e. The molecule has 24 heavy (non-hydrogen) atoms. The fourth-order valence-corrected chi connectivity index (χ4v) is 2.93. The minimum absolute atomic E-state index is 0.128. The summed E-state index contributed by atoms with van der Waals surface area (Å²) in [5, 5.41) is 12.5. The number of carbonyl (C=O) groups is 2. The molecule has 0 unspecified atom stereocenters. The van der Waals surface area contributed by atoms with Gasteiger partial charge >= 0.3 is 0 Å². The lowest BCUT2D eigenvalue weighted by Crippen LogP contribution is -2.92. The van der Waals surface area contributed by atoms with Crippen molar-refractivity contribution in [3.05, 3.63) is 65.2 Å². The highest BCUT2D eigenvalue weighted by Gasteiger charge is 2.42. The van der Waals surface area contributed by atoms with Gasteiger partial charge in [-0.2, -0.15) is 0 Å². The molecule has 3 N–H and O–H groups in total. The summed E-state index contributed by atoms with van der Waals surface area (Å²) in [5.41, 5.74) is 1.31. The van der Waals surface area contributed by atoms with E-state index in [4.69, 9.17) is 11.6 Å². The smallest absolute Gasteiger partial charge is 0.292 e. The van der Waals surface area contributed by atoms with E-state index in [1.54, 1.807) is 29.6 Å². The molecular weight excluding hydrogens is 328 g/mol. The summed E-state index contributed by atoms with van der Waals surface area (Å²) < 4.78 is 0. The average molecular weight is 346 g/mol. The van der Waals surface area contributed by atoms with Gasteiger partial charge in [0, 0.05) is 5.02 Å². The predicted molar refractivity (Wildman–Crippen MR) is 90.5 cm³/mol. The number of anilines is 1. The Bertz CT molecular complexity index is 734. The number of imide groups is 1. The van der Waals surface area contributed by atoms with Crippen molar-refractivity contribution in [3.8, 4) is 0 Å². The number of hydrogen-bond donors (Lipinski definition) is 2. The monoisotopic (exact) mass is 345 g/mol. The molecule has 2 aromatic rings. The van der Waals surface area contributed by atoms with Crippen LogP contribution < -0.4 is 10.2 Å². The van der Waals surface area contributed by atoms with Crippen molar-refractivity contribution in [1.29, 1.82) is 0 Å². The number of carbonyl (C=O) groups excluding carboxylic acids is 2. The third kappa shape index (κ3) is 3.48. The van der Waals surface area contributed by atoms with Crippen LogP contribution in [0.25, 0.3) is 0 Å². The second-order valence-electron chi connectivity index (χ2n) is 5.75. The number of aliphatic hydroxyl groups excluding tert-OH is 1. The Balaban J connectivity index is 1.65. The van der Waals surface area contributed by atoms with Gasteiger partial charge in [0.15, 0.2) is 6.04 Å². The summed E-state index contributed by atoms with van der Waals surface area (Å²) in [5.74, 6) is -0.500. The first-order chi connectivity index (χ1) is 11.6. The first-order valence-corrected chi connectivity index (χ1v) is 8.13. The molecule has 0 bridgehead atoms. The normalized spacial score (nSPS) is 18.9. The largest absolute Gasteiger partial charge is 0.382 e. The number of hydrogen-bond acceptors (Lipinski definition) is 3. The molecule has 124 valence electrons. The summed E-state index contributed by atoms with van der Waals surface area (Å²) in [6.45, 7) is 0.322. The van der Waals surface area contributed by atoms with Gasteiger partial charge in [0.05, 0.1) is 12.1 Å². The Hall–Kier alpha value is -2.21. The Kier molecular flexibility index (Phi) is 4.94. The zero-order valence-corrected chi connectivity index (χ0v) is 13.7. The molecule has 0 saturated carbocycles. The highest BCUT2D eigenvalue weighted by molar-refractivity contribution is 6.30. The molecule has 1 aliphatic rings. The van der Waals surface area contributed by atoms with Crippen LogP contribution in [0.5, 0.6) is 0 Å². The highest BCUT2D eigenvalue weighted by Crippen LogP contribution is 2.23. The van der Waals surface area contributed by atoms with Crippen molar-refractivity contribution < 1.29 is 20.0 Å². The number of nitrogens with zero attached hydrogens (tertiary/aromatic N) is 1. The molecule has 1 fully saturated rings. The Morgan fingerprint density at radius 3 is 2.46 bits per heavy atom. The fourth-order valence-electron chi connectivity index (χ4n) is 2.81. The molecule has 2 atom stereocenters. The molecule has 3 rings (SSSR count). The minimum atomic E-state index is -0.682. The Morgan fingerprint density at radius 2 is 1.79 bits per heavy atom. The van der Waals surface area contributed by atoms with Crippen LogP contribution in [0.15, 0.2) is 54.6 Å². The van der Waals surface area contributed by atoms with Crippen LogP contribution >= 0.6 is 11.6 Å². The van der Waals surface area contributed by atoms with Gasteiger partial charge in [0.25, 0.3) is 5.91 Å². The van der Waals surface area contributed by atoms with Gasteiger partial charge in [0.2, 0.25) is 5.91 Å². The van der Waals surface area contributed by atoms with Crippen LogP contribution in [0.3, 0.4) is 0 Å². The van der Waals surface area contributed by atoms with Gasteiger partial charge in [-0.1, -0.05) is 41.9 Å². The van der Waals surface area contributed by atoms with E-state index in [1.807, 2.05) is 30.3 Å². The molecule has 5 nitrogen and oxygen atoms in total. The van der Waals surface area contributed by atoms with E-state index in [-0.39, 0.29) is 18.2 Å². The molecule has 0 spiro atoms. The number of benzene rings is 2. The van der Waals surface area contributed by atoms with Crippen molar-refractivity contribution in [3.63, 3.8) is 0 Å². The van der Waals surface area contributed by atoms with Crippen molar-refractivity contribution in [2.45, 2.75) is 18.6 Å². The van der Waals surface area contributed by atoms with E-state index in [0.717, 1.165) is 5.56 Å². The highest BCUT2D eigenvalue weighted by atomic mass is 35.5. The summed E-state index contributed by atoms with van der Waals surface area (Å²) in [6, 6.07) is 15.3. The van der Waals surface area contributed by atoms with Crippen LogP contribution in [0.4, 0.5) is 5.69 Å². The van der Waals surface area contributed by atoms with Crippen molar-refractivity contribution in [2.24, 2.45) is 0 Å². The molecule has 1 saturated heterocycles. The van der Waals surface area contributed by atoms with Gasteiger partial charge in [0.1, 0.15) is 12.6 Å². The molecule has 2 amide bonds. The summed E-state index contributed by atoms with van der Waals surface area (Å²) >= 11 is 5.84. The predicted octanol–water partition coefficient (Wildman–Crippen LogP) is 1.27. The molecule has 1 aliphatic heterocycles. The molecule has 0 aliphatic carbocycles. The third-order valence-corrected chi connectivity index (χ3v) is 4.35. The van der Waals surface area contributed by atoms with Crippen molar-refractivity contribution in [1.82, 2.24) is 0 Å². The number of rotatable bonds is 5. The third-order valence-electron chi connectivity index (χ3n) is 4.09. The maximum atomic E-state index is 12.5. The van der Waals surface area contributed by atoms with Crippen LogP contribution in [-0.2, 0) is 9.59 Å². The summed E-state index contributed by atoms with van der Waals surface area (Å²) in [6.07, 6.45) is -0.554. The average Bonchev–Trinajstić information content (AvgIpc) is 2.88. The Labute approximate surface area is 144 Å². The van der Waals surface area contributed by atoms with E-state index in [1.165, 1.54) is 4.90 Å². The van der Waals surface area contributed by atoms with E-state index >= 15 is 0 Å². The van der Waals surface area contributed by atoms with Gasteiger partial charge in [-0.05, 0) is 29.8 Å².